The van der Waals surface area contributed by atoms with E-state index in [1.165, 1.54) is 31.5 Å². The van der Waals surface area contributed by atoms with Crippen molar-refractivity contribution in [3.8, 4) is 0 Å². The fourth-order valence-corrected chi connectivity index (χ4v) is 1.97. The van der Waals surface area contributed by atoms with E-state index in [2.05, 4.69) is 35.6 Å². The van der Waals surface area contributed by atoms with Gasteiger partial charge in [-0.2, -0.15) is 0 Å². The third-order valence-electron chi connectivity index (χ3n) is 2.68. The summed E-state index contributed by atoms with van der Waals surface area (Å²) in [7, 11) is 0. The fraction of sp³-hybridized carbons (Fsp3) is 0.455. The van der Waals surface area contributed by atoms with Gasteiger partial charge in [0.25, 0.3) is 0 Å². The molecule has 0 saturated carbocycles. The fourth-order valence-electron chi connectivity index (χ4n) is 1.97. The summed E-state index contributed by atoms with van der Waals surface area (Å²) in [5.41, 5.74) is 1.52. The number of quaternary nitrogens is 1. The van der Waals surface area contributed by atoms with E-state index >= 15 is 0 Å². The molecule has 2 rings (SSSR count). The zero-order valence-electron chi connectivity index (χ0n) is 7.37. The largest absolute Gasteiger partial charge is 0.346 e. The highest BCUT2D eigenvalue weighted by atomic mass is 14.9. The van der Waals surface area contributed by atoms with Gasteiger partial charge in [-0.3, -0.25) is 0 Å². The minimum atomic E-state index is 0.806. The minimum Gasteiger partial charge on any atom is -0.346 e. The molecule has 1 nitrogen and oxygen atoms in total. The van der Waals surface area contributed by atoms with E-state index in [1.807, 2.05) is 0 Å². The van der Waals surface area contributed by atoms with E-state index in [1.54, 1.807) is 0 Å². The van der Waals surface area contributed by atoms with Crippen molar-refractivity contribution in [2.24, 2.45) is 0 Å². The van der Waals surface area contributed by atoms with Crippen LogP contribution in [-0.4, -0.2) is 13.1 Å². The number of piperidine rings is 1. The molecule has 1 aromatic carbocycles. The predicted octanol–water partition coefficient (Wildman–Crippen LogP) is 1.13. The molecule has 0 spiro atoms. The standard InChI is InChI=1S/C11H15N/c1-2-5-10(6-3-1)11-7-4-8-12-9-11/h1-3,5-6,11-12H,4,7-9H2/p+1/t11-/m0/s1. The van der Waals surface area contributed by atoms with Gasteiger partial charge < -0.3 is 5.32 Å². The van der Waals surface area contributed by atoms with Crippen LogP contribution in [0.5, 0.6) is 0 Å². The Balaban J connectivity index is 2.08. The number of rotatable bonds is 1. The van der Waals surface area contributed by atoms with E-state index in [4.69, 9.17) is 0 Å². The van der Waals surface area contributed by atoms with Gasteiger partial charge in [0.05, 0.1) is 13.1 Å². The van der Waals surface area contributed by atoms with Crippen LogP contribution in [0.1, 0.15) is 24.3 Å². The lowest BCUT2D eigenvalue weighted by Gasteiger charge is -2.20. The summed E-state index contributed by atoms with van der Waals surface area (Å²) in [6, 6.07) is 10.9. The highest BCUT2D eigenvalue weighted by Crippen LogP contribution is 2.20. The van der Waals surface area contributed by atoms with Crippen LogP contribution < -0.4 is 5.32 Å². The predicted molar refractivity (Wildman–Crippen MR) is 50.1 cm³/mol. The van der Waals surface area contributed by atoms with Crippen LogP contribution in [0.15, 0.2) is 30.3 Å². The summed E-state index contributed by atoms with van der Waals surface area (Å²) in [6.45, 7) is 2.60. The van der Waals surface area contributed by atoms with Gasteiger partial charge in [-0.05, 0) is 18.4 Å². The smallest absolute Gasteiger partial charge is 0.0825 e. The maximum absolute atomic E-state index is 2.43. The monoisotopic (exact) mass is 162 g/mol. The van der Waals surface area contributed by atoms with E-state index in [0.717, 1.165) is 5.92 Å². The third kappa shape index (κ3) is 1.67. The van der Waals surface area contributed by atoms with Crippen LogP contribution in [-0.2, 0) is 0 Å². The van der Waals surface area contributed by atoms with Crippen molar-refractivity contribution in [2.45, 2.75) is 18.8 Å². The second-order valence-electron chi connectivity index (χ2n) is 3.56. The molecule has 0 radical (unpaired) electrons. The summed E-state index contributed by atoms with van der Waals surface area (Å²) in [5, 5.41) is 2.43. The van der Waals surface area contributed by atoms with Crippen molar-refractivity contribution < 1.29 is 5.32 Å². The van der Waals surface area contributed by atoms with Crippen LogP contribution >= 0.6 is 0 Å². The molecule has 64 valence electrons. The summed E-state index contributed by atoms with van der Waals surface area (Å²) >= 11 is 0. The van der Waals surface area contributed by atoms with Crippen molar-refractivity contribution >= 4 is 0 Å². The van der Waals surface area contributed by atoms with Crippen molar-refractivity contribution in [2.75, 3.05) is 13.1 Å². The van der Waals surface area contributed by atoms with Crippen LogP contribution in [0.3, 0.4) is 0 Å². The van der Waals surface area contributed by atoms with E-state index in [-0.39, 0.29) is 0 Å². The zero-order valence-corrected chi connectivity index (χ0v) is 7.37. The molecule has 0 aliphatic carbocycles. The molecule has 1 aliphatic rings. The minimum absolute atomic E-state index is 0.806. The molecule has 0 amide bonds. The topological polar surface area (TPSA) is 16.6 Å². The lowest BCUT2D eigenvalue weighted by atomic mass is 9.92. The first-order valence-electron chi connectivity index (χ1n) is 4.83. The van der Waals surface area contributed by atoms with Gasteiger partial charge in [0.2, 0.25) is 0 Å². The van der Waals surface area contributed by atoms with Crippen LogP contribution in [0, 0.1) is 0 Å². The maximum Gasteiger partial charge on any atom is 0.0825 e. The molecule has 1 saturated heterocycles. The molecule has 1 heterocycles. The van der Waals surface area contributed by atoms with Crippen molar-refractivity contribution in [1.29, 1.82) is 0 Å². The van der Waals surface area contributed by atoms with Gasteiger partial charge >= 0.3 is 0 Å². The van der Waals surface area contributed by atoms with Crippen molar-refractivity contribution in [3.05, 3.63) is 35.9 Å². The van der Waals surface area contributed by atoms with Crippen LogP contribution in [0.4, 0.5) is 0 Å². The molecule has 2 N–H and O–H groups in total. The molecule has 1 fully saturated rings. The van der Waals surface area contributed by atoms with E-state index in [0.29, 0.717) is 0 Å². The average Bonchev–Trinajstić information content (AvgIpc) is 2.21. The van der Waals surface area contributed by atoms with Crippen molar-refractivity contribution in [1.82, 2.24) is 0 Å². The highest BCUT2D eigenvalue weighted by Gasteiger charge is 2.16. The van der Waals surface area contributed by atoms with Gasteiger partial charge in [-0.25, -0.2) is 0 Å². The van der Waals surface area contributed by atoms with Gasteiger partial charge in [-0.1, -0.05) is 30.3 Å². The third-order valence-corrected chi connectivity index (χ3v) is 2.68. The first-order valence-corrected chi connectivity index (χ1v) is 4.83. The number of hydrogen-bond acceptors (Lipinski definition) is 0. The van der Waals surface area contributed by atoms with Gasteiger partial charge in [0, 0.05) is 5.92 Å². The second kappa shape index (κ2) is 3.72. The molecule has 1 heteroatoms. The SMILES string of the molecule is c1ccc([C@H]2CCC[NH2+]C2)cc1. The lowest BCUT2D eigenvalue weighted by Crippen LogP contribution is -2.86. The zero-order chi connectivity index (χ0) is 8.23. The highest BCUT2D eigenvalue weighted by molar-refractivity contribution is 5.19. The molecule has 0 unspecified atom stereocenters. The molecular formula is C11H16N+. The Hall–Kier alpha value is -0.820. The average molecular weight is 162 g/mol. The molecule has 1 aliphatic heterocycles. The van der Waals surface area contributed by atoms with E-state index in [9.17, 15) is 0 Å². The van der Waals surface area contributed by atoms with Gasteiger partial charge in [0.15, 0.2) is 0 Å². The maximum atomic E-state index is 2.43. The van der Waals surface area contributed by atoms with Crippen molar-refractivity contribution in [3.63, 3.8) is 0 Å². The Kier molecular flexibility index (Phi) is 2.42. The molecule has 0 bridgehead atoms. The Morgan fingerprint density at radius 3 is 2.67 bits per heavy atom. The molecule has 12 heavy (non-hydrogen) atoms. The van der Waals surface area contributed by atoms with Crippen LogP contribution in [0.25, 0.3) is 0 Å². The normalized spacial score (nSPS) is 23.8. The first-order chi connectivity index (χ1) is 5.97. The molecule has 0 aromatic heterocycles. The Labute approximate surface area is 73.8 Å². The lowest BCUT2D eigenvalue weighted by molar-refractivity contribution is -0.664. The molecular weight excluding hydrogens is 146 g/mol. The number of nitrogens with two attached hydrogens (primary N) is 1. The molecule has 1 aromatic rings. The number of hydrogen-bond donors (Lipinski definition) is 1. The van der Waals surface area contributed by atoms with Gasteiger partial charge in [-0.15, -0.1) is 0 Å². The quantitative estimate of drug-likeness (QED) is 0.637. The second-order valence-corrected chi connectivity index (χ2v) is 3.56. The Morgan fingerprint density at radius 1 is 1.17 bits per heavy atom. The summed E-state index contributed by atoms with van der Waals surface area (Å²) in [5.74, 6) is 0.806. The first kappa shape index (κ1) is 7.81. The van der Waals surface area contributed by atoms with Crippen LogP contribution in [0.2, 0.25) is 0 Å². The summed E-state index contributed by atoms with van der Waals surface area (Å²) in [4.78, 5) is 0. The Bertz CT molecular complexity index is 224. The Morgan fingerprint density at radius 2 is 2.00 bits per heavy atom. The number of benzene rings is 1. The van der Waals surface area contributed by atoms with E-state index < -0.39 is 0 Å². The molecule has 1 atom stereocenters. The summed E-state index contributed by atoms with van der Waals surface area (Å²) < 4.78 is 0. The summed E-state index contributed by atoms with van der Waals surface area (Å²) in [6.07, 6.45) is 2.75. The van der Waals surface area contributed by atoms with Gasteiger partial charge in [0.1, 0.15) is 0 Å².